The highest BCUT2D eigenvalue weighted by molar-refractivity contribution is 5.89. The van der Waals surface area contributed by atoms with Gasteiger partial charge in [-0.05, 0) is 33.0 Å². The van der Waals surface area contributed by atoms with E-state index < -0.39 is 0 Å². The molecule has 0 fully saturated rings. The lowest BCUT2D eigenvalue weighted by Crippen LogP contribution is -2.34. The van der Waals surface area contributed by atoms with Crippen LogP contribution in [0.2, 0.25) is 0 Å². The van der Waals surface area contributed by atoms with Crippen LogP contribution in [0.15, 0.2) is 12.3 Å². The molecule has 1 atom stereocenters. The van der Waals surface area contributed by atoms with Gasteiger partial charge in [0.05, 0.1) is 6.61 Å². The molecule has 0 rings (SSSR count). The van der Waals surface area contributed by atoms with Gasteiger partial charge in [-0.25, -0.2) is 0 Å². The minimum Gasteiger partial charge on any atom is -0.386 e. The Hall–Kier alpha value is -1.07. The Morgan fingerprint density at radius 3 is 2.58 bits per heavy atom. The van der Waals surface area contributed by atoms with Gasteiger partial charge in [0.1, 0.15) is 5.84 Å². The summed E-state index contributed by atoms with van der Waals surface area (Å²) in [5.74, 6) is 0.516. The molecule has 0 bridgehead atoms. The van der Waals surface area contributed by atoms with E-state index in [-0.39, 0.29) is 6.04 Å². The maximum atomic E-state index is 7.94. The number of nitrogens with zero attached hydrogens (tertiary/aromatic N) is 2. The van der Waals surface area contributed by atoms with E-state index in [1.54, 1.807) is 13.2 Å². The summed E-state index contributed by atoms with van der Waals surface area (Å²) in [5, 5.41) is 11.1. The Morgan fingerprint density at radius 2 is 2.00 bits per heavy atom. The van der Waals surface area contributed by atoms with Gasteiger partial charge in [-0.15, -0.1) is 0 Å². The molecule has 0 amide bonds. The number of nitrogens with one attached hydrogen (secondary N) is 2. The molecular formula is C14H30N4O. The van der Waals surface area contributed by atoms with E-state index >= 15 is 0 Å². The maximum absolute atomic E-state index is 7.94. The molecule has 0 saturated carbocycles. The zero-order valence-electron chi connectivity index (χ0n) is 13.1. The third kappa shape index (κ3) is 9.50. The second-order valence-corrected chi connectivity index (χ2v) is 4.97. The molecule has 5 nitrogen and oxygen atoms in total. The van der Waals surface area contributed by atoms with E-state index in [9.17, 15) is 0 Å². The molecule has 112 valence electrons. The number of likely N-dealkylation sites (N-methyl/N-ethyl adjacent to an activating group) is 2. The molecule has 0 unspecified atom stereocenters. The molecule has 0 saturated heterocycles. The fourth-order valence-electron chi connectivity index (χ4n) is 1.65. The van der Waals surface area contributed by atoms with Gasteiger partial charge >= 0.3 is 0 Å². The van der Waals surface area contributed by atoms with Gasteiger partial charge in [0.25, 0.3) is 0 Å². The second-order valence-electron chi connectivity index (χ2n) is 4.97. The van der Waals surface area contributed by atoms with Crippen LogP contribution in [-0.2, 0) is 4.74 Å². The molecule has 0 heterocycles. The van der Waals surface area contributed by atoms with Crippen molar-refractivity contribution in [2.24, 2.45) is 0 Å². The third-order valence-electron chi connectivity index (χ3n) is 2.87. The number of methoxy groups -OCH3 is 1. The Balaban J connectivity index is 3.89. The number of rotatable bonds is 10. The molecule has 0 aliphatic carbocycles. The summed E-state index contributed by atoms with van der Waals surface area (Å²) in [6, 6.07) is 0.259. The predicted octanol–water partition coefficient (Wildman–Crippen LogP) is 1.38. The summed E-state index contributed by atoms with van der Waals surface area (Å²) in [5.41, 5.74) is 0. The molecule has 19 heavy (non-hydrogen) atoms. The van der Waals surface area contributed by atoms with Crippen LogP contribution in [0.4, 0.5) is 0 Å². The first kappa shape index (κ1) is 17.9. The molecule has 0 aromatic heterocycles. The molecule has 5 heteroatoms. The quantitative estimate of drug-likeness (QED) is 0.465. The van der Waals surface area contributed by atoms with Crippen molar-refractivity contribution in [1.29, 1.82) is 5.41 Å². The van der Waals surface area contributed by atoms with Crippen LogP contribution in [0.3, 0.4) is 0 Å². The lowest BCUT2D eigenvalue weighted by atomic mass is 10.3. The monoisotopic (exact) mass is 270 g/mol. The highest BCUT2D eigenvalue weighted by Crippen LogP contribution is 1.92. The Labute approximate surface area is 118 Å². The zero-order chi connectivity index (χ0) is 14.7. The molecule has 0 aliphatic rings. The van der Waals surface area contributed by atoms with E-state index in [0.717, 1.165) is 19.6 Å². The summed E-state index contributed by atoms with van der Waals surface area (Å²) in [4.78, 5) is 4.23. The van der Waals surface area contributed by atoms with Crippen molar-refractivity contribution in [3.8, 4) is 0 Å². The molecule has 0 aliphatic heterocycles. The fraction of sp³-hybridized carbons (Fsp3) is 0.786. The smallest absolute Gasteiger partial charge is 0.121 e. The van der Waals surface area contributed by atoms with Gasteiger partial charge in [0.2, 0.25) is 0 Å². The SMILES string of the molecule is CCCN(C)CCN(C)C(=N)/C=C/N[C@H](C)COC. The van der Waals surface area contributed by atoms with Crippen molar-refractivity contribution < 1.29 is 4.74 Å². The average molecular weight is 270 g/mol. The number of amidine groups is 1. The zero-order valence-corrected chi connectivity index (χ0v) is 13.1. The van der Waals surface area contributed by atoms with Crippen LogP contribution in [-0.4, -0.2) is 69.1 Å². The van der Waals surface area contributed by atoms with Gasteiger partial charge in [-0.3, -0.25) is 5.41 Å². The van der Waals surface area contributed by atoms with Crippen molar-refractivity contribution in [3.05, 3.63) is 12.3 Å². The fourth-order valence-corrected chi connectivity index (χ4v) is 1.65. The number of hydrogen-bond acceptors (Lipinski definition) is 4. The summed E-state index contributed by atoms with van der Waals surface area (Å²) in [6.07, 6.45) is 4.77. The van der Waals surface area contributed by atoms with Crippen LogP contribution in [0.5, 0.6) is 0 Å². The molecule has 0 spiro atoms. The summed E-state index contributed by atoms with van der Waals surface area (Å²) in [7, 11) is 5.75. The Kier molecular flexibility index (Phi) is 10.2. The van der Waals surface area contributed by atoms with Crippen LogP contribution < -0.4 is 5.32 Å². The lowest BCUT2D eigenvalue weighted by molar-refractivity contribution is 0.177. The summed E-state index contributed by atoms with van der Waals surface area (Å²) >= 11 is 0. The van der Waals surface area contributed by atoms with Gasteiger partial charge in [-0.2, -0.15) is 0 Å². The second kappa shape index (κ2) is 10.8. The Morgan fingerprint density at radius 1 is 1.32 bits per heavy atom. The van der Waals surface area contributed by atoms with Crippen molar-refractivity contribution in [2.75, 3.05) is 47.4 Å². The van der Waals surface area contributed by atoms with Crippen molar-refractivity contribution in [1.82, 2.24) is 15.1 Å². The first-order valence-corrected chi connectivity index (χ1v) is 6.91. The maximum Gasteiger partial charge on any atom is 0.121 e. The third-order valence-corrected chi connectivity index (χ3v) is 2.87. The molecule has 0 aromatic rings. The van der Waals surface area contributed by atoms with E-state index in [1.165, 1.54) is 6.42 Å². The van der Waals surface area contributed by atoms with Gasteiger partial charge in [-0.1, -0.05) is 6.92 Å². The van der Waals surface area contributed by atoms with Crippen molar-refractivity contribution in [3.63, 3.8) is 0 Å². The van der Waals surface area contributed by atoms with Gasteiger partial charge in [0, 0.05) is 39.5 Å². The largest absolute Gasteiger partial charge is 0.386 e. The van der Waals surface area contributed by atoms with Gasteiger partial charge in [0.15, 0.2) is 0 Å². The molecule has 2 N–H and O–H groups in total. The summed E-state index contributed by atoms with van der Waals surface area (Å²) < 4.78 is 5.03. The van der Waals surface area contributed by atoms with Crippen molar-refractivity contribution >= 4 is 5.84 Å². The first-order chi connectivity index (χ1) is 9.01. The van der Waals surface area contributed by atoms with Crippen LogP contribution in [0, 0.1) is 5.41 Å². The highest BCUT2D eigenvalue weighted by atomic mass is 16.5. The lowest BCUT2D eigenvalue weighted by Gasteiger charge is -2.22. The minimum absolute atomic E-state index is 0.259. The van der Waals surface area contributed by atoms with Gasteiger partial charge < -0.3 is 19.9 Å². The predicted molar refractivity (Wildman–Crippen MR) is 81.8 cm³/mol. The van der Waals surface area contributed by atoms with E-state index in [0.29, 0.717) is 12.4 Å². The van der Waals surface area contributed by atoms with Crippen molar-refractivity contribution in [2.45, 2.75) is 26.3 Å². The van der Waals surface area contributed by atoms with Crippen LogP contribution in [0.1, 0.15) is 20.3 Å². The normalized spacial score (nSPS) is 12.9. The molecule has 0 radical (unpaired) electrons. The number of hydrogen-bond donors (Lipinski definition) is 2. The van der Waals surface area contributed by atoms with E-state index in [2.05, 4.69) is 24.2 Å². The highest BCUT2D eigenvalue weighted by Gasteiger charge is 2.03. The number of ether oxygens (including phenoxy) is 1. The molecule has 0 aromatic carbocycles. The van der Waals surface area contributed by atoms with E-state index in [1.807, 2.05) is 25.1 Å². The van der Waals surface area contributed by atoms with Crippen LogP contribution >= 0.6 is 0 Å². The first-order valence-electron chi connectivity index (χ1n) is 6.91. The minimum atomic E-state index is 0.259. The van der Waals surface area contributed by atoms with Crippen LogP contribution in [0.25, 0.3) is 0 Å². The van der Waals surface area contributed by atoms with E-state index in [4.69, 9.17) is 10.1 Å². The average Bonchev–Trinajstić information content (AvgIpc) is 2.36. The standard InChI is InChI=1S/C14H30N4O/c1-6-9-17(3)10-11-18(4)14(15)7-8-16-13(2)12-19-5/h7-8,13,15-16H,6,9-12H2,1-5H3/b8-7+,15-14?/t13-/m1/s1. The topological polar surface area (TPSA) is 51.6 Å². The summed E-state index contributed by atoms with van der Waals surface area (Å²) in [6.45, 7) is 7.84. The Bertz CT molecular complexity index is 268. The molecular weight excluding hydrogens is 240 g/mol.